The van der Waals surface area contributed by atoms with Gasteiger partial charge in [0.15, 0.2) is 0 Å². The van der Waals surface area contributed by atoms with Gasteiger partial charge in [-0.1, -0.05) is 29.8 Å². The molecule has 3 amide bonds. The van der Waals surface area contributed by atoms with Crippen molar-refractivity contribution >= 4 is 17.7 Å². The molecule has 1 saturated heterocycles. The van der Waals surface area contributed by atoms with Crippen LogP contribution in [0.1, 0.15) is 55.0 Å². The van der Waals surface area contributed by atoms with Crippen LogP contribution in [0.2, 0.25) is 0 Å². The molecule has 29 heavy (non-hydrogen) atoms. The SMILES string of the molecule is Cc1cccc(CN2CCC(NC(=O)c3ccc4c(c3)C(=O)N(C)C4=O)CC2)c1. The first kappa shape index (κ1) is 19.3. The van der Waals surface area contributed by atoms with Crippen LogP contribution < -0.4 is 5.32 Å². The molecule has 0 atom stereocenters. The monoisotopic (exact) mass is 391 g/mol. The van der Waals surface area contributed by atoms with Gasteiger partial charge in [-0.3, -0.25) is 24.2 Å². The van der Waals surface area contributed by atoms with Gasteiger partial charge in [0.25, 0.3) is 17.7 Å². The third-order valence-electron chi connectivity index (χ3n) is 5.76. The number of likely N-dealkylation sites (tertiary alicyclic amines) is 1. The number of rotatable bonds is 4. The highest BCUT2D eigenvalue weighted by atomic mass is 16.2. The Balaban J connectivity index is 1.34. The van der Waals surface area contributed by atoms with Crippen LogP contribution in [0.25, 0.3) is 0 Å². The number of hydrogen-bond acceptors (Lipinski definition) is 4. The molecule has 4 rings (SSSR count). The molecule has 0 saturated carbocycles. The summed E-state index contributed by atoms with van der Waals surface area (Å²) in [5, 5.41) is 3.08. The number of imide groups is 1. The summed E-state index contributed by atoms with van der Waals surface area (Å²) in [4.78, 5) is 40.3. The van der Waals surface area contributed by atoms with Crippen LogP contribution in [-0.2, 0) is 6.54 Å². The number of carbonyl (C=O) groups is 3. The quantitative estimate of drug-likeness (QED) is 0.814. The predicted octanol–water partition coefficient (Wildman–Crippen LogP) is 2.62. The molecule has 6 heteroatoms. The van der Waals surface area contributed by atoms with Crippen LogP contribution in [0.15, 0.2) is 42.5 Å². The Kier molecular flexibility index (Phi) is 5.20. The second kappa shape index (κ2) is 7.79. The number of piperidine rings is 1. The van der Waals surface area contributed by atoms with E-state index in [0.717, 1.165) is 37.4 Å². The standard InChI is InChI=1S/C23H25N3O3/c1-15-4-3-5-16(12-15)14-26-10-8-18(9-11-26)24-21(27)17-6-7-19-20(13-17)23(29)25(2)22(19)28/h3-7,12-13,18H,8-11,14H2,1-2H3,(H,24,27). The Hall–Kier alpha value is -2.99. The molecule has 2 aromatic carbocycles. The van der Waals surface area contributed by atoms with Crippen LogP contribution in [0.4, 0.5) is 0 Å². The summed E-state index contributed by atoms with van der Waals surface area (Å²) in [6.45, 7) is 4.89. The molecule has 0 unspecified atom stereocenters. The highest BCUT2D eigenvalue weighted by Crippen LogP contribution is 2.23. The van der Waals surface area contributed by atoms with Gasteiger partial charge >= 0.3 is 0 Å². The number of nitrogens with one attached hydrogen (secondary N) is 1. The first-order chi connectivity index (χ1) is 13.9. The van der Waals surface area contributed by atoms with E-state index in [9.17, 15) is 14.4 Å². The van der Waals surface area contributed by atoms with Gasteiger partial charge in [-0.25, -0.2) is 0 Å². The van der Waals surface area contributed by atoms with Crippen molar-refractivity contribution in [3.05, 3.63) is 70.3 Å². The van der Waals surface area contributed by atoms with E-state index < -0.39 is 0 Å². The second-order valence-corrected chi connectivity index (χ2v) is 7.94. The Bertz CT molecular complexity index is 977. The molecule has 2 aromatic rings. The summed E-state index contributed by atoms with van der Waals surface area (Å²) in [5.74, 6) is -0.873. The average molecular weight is 391 g/mol. The highest BCUT2D eigenvalue weighted by molar-refractivity contribution is 6.21. The minimum absolute atomic E-state index is 0.115. The first-order valence-electron chi connectivity index (χ1n) is 9.97. The van der Waals surface area contributed by atoms with Crippen molar-refractivity contribution in [3.63, 3.8) is 0 Å². The van der Waals surface area contributed by atoms with E-state index in [0.29, 0.717) is 16.7 Å². The van der Waals surface area contributed by atoms with Gasteiger partial charge in [-0.05, 0) is 43.5 Å². The number of benzene rings is 2. The smallest absolute Gasteiger partial charge is 0.261 e. The zero-order chi connectivity index (χ0) is 20.5. The van der Waals surface area contributed by atoms with Gasteiger partial charge < -0.3 is 5.32 Å². The van der Waals surface area contributed by atoms with E-state index in [2.05, 4.69) is 41.4 Å². The van der Waals surface area contributed by atoms with Crippen molar-refractivity contribution in [2.75, 3.05) is 20.1 Å². The van der Waals surface area contributed by atoms with E-state index in [1.54, 1.807) is 12.1 Å². The number of hydrogen-bond donors (Lipinski definition) is 1. The van der Waals surface area contributed by atoms with E-state index in [1.165, 1.54) is 24.2 Å². The van der Waals surface area contributed by atoms with Gasteiger partial charge in [0.2, 0.25) is 0 Å². The van der Waals surface area contributed by atoms with Crippen molar-refractivity contribution in [2.45, 2.75) is 32.4 Å². The maximum absolute atomic E-state index is 12.7. The van der Waals surface area contributed by atoms with Gasteiger partial charge in [0.05, 0.1) is 11.1 Å². The second-order valence-electron chi connectivity index (χ2n) is 7.94. The summed E-state index contributed by atoms with van der Waals surface area (Å²) >= 11 is 0. The van der Waals surface area contributed by atoms with Crippen LogP contribution >= 0.6 is 0 Å². The lowest BCUT2D eigenvalue weighted by molar-refractivity contribution is 0.0693. The van der Waals surface area contributed by atoms with Crippen molar-refractivity contribution < 1.29 is 14.4 Å². The lowest BCUT2D eigenvalue weighted by atomic mass is 10.0. The summed E-state index contributed by atoms with van der Waals surface area (Å²) in [6, 6.07) is 13.4. The Morgan fingerprint density at radius 2 is 1.76 bits per heavy atom. The lowest BCUT2D eigenvalue weighted by Crippen LogP contribution is -2.44. The van der Waals surface area contributed by atoms with Crippen molar-refractivity contribution in [1.29, 1.82) is 0 Å². The maximum Gasteiger partial charge on any atom is 0.261 e. The third-order valence-corrected chi connectivity index (χ3v) is 5.76. The van der Waals surface area contributed by atoms with Gasteiger partial charge in [0.1, 0.15) is 0 Å². The molecule has 1 fully saturated rings. The van der Waals surface area contributed by atoms with Gasteiger partial charge in [-0.15, -0.1) is 0 Å². The Morgan fingerprint density at radius 1 is 1.03 bits per heavy atom. The highest BCUT2D eigenvalue weighted by Gasteiger charge is 2.33. The fraction of sp³-hybridized carbons (Fsp3) is 0.348. The van der Waals surface area contributed by atoms with E-state index >= 15 is 0 Å². The molecular weight excluding hydrogens is 366 g/mol. The number of amides is 3. The largest absolute Gasteiger partial charge is 0.349 e. The molecule has 0 spiro atoms. The van der Waals surface area contributed by atoms with Crippen LogP contribution in [0, 0.1) is 6.92 Å². The fourth-order valence-electron chi connectivity index (χ4n) is 4.08. The molecule has 150 valence electrons. The summed E-state index contributed by atoms with van der Waals surface area (Å²) in [5.41, 5.74) is 3.67. The van der Waals surface area contributed by atoms with E-state index in [-0.39, 0.29) is 23.8 Å². The normalized spacial score (nSPS) is 17.5. The lowest BCUT2D eigenvalue weighted by Gasteiger charge is -2.32. The van der Waals surface area contributed by atoms with Crippen LogP contribution in [0.5, 0.6) is 0 Å². The zero-order valence-electron chi connectivity index (χ0n) is 16.8. The minimum atomic E-state index is -0.357. The van der Waals surface area contributed by atoms with Crippen LogP contribution in [-0.4, -0.2) is 53.7 Å². The van der Waals surface area contributed by atoms with Crippen molar-refractivity contribution in [3.8, 4) is 0 Å². The molecule has 2 heterocycles. The van der Waals surface area contributed by atoms with Gasteiger partial charge in [-0.2, -0.15) is 0 Å². The van der Waals surface area contributed by atoms with Crippen LogP contribution in [0.3, 0.4) is 0 Å². The number of carbonyl (C=O) groups excluding carboxylic acids is 3. The topological polar surface area (TPSA) is 69.7 Å². The maximum atomic E-state index is 12.7. The molecule has 6 nitrogen and oxygen atoms in total. The third kappa shape index (κ3) is 3.93. The summed E-state index contributed by atoms with van der Waals surface area (Å²) in [7, 11) is 1.45. The molecular formula is C23H25N3O3. The van der Waals surface area contributed by atoms with Gasteiger partial charge in [0, 0.05) is 38.3 Å². The molecule has 1 N–H and O–H groups in total. The molecule has 0 aliphatic carbocycles. The molecule has 0 radical (unpaired) electrons. The number of nitrogens with zero attached hydrogens (tertiary/aromatic N) is 2. The summed E-state index contributed by atoms with van der Waals surface area (Å²) < 4.78 is 0. The number of aryl methyl sites for hydroxylation is 1. The van der Waals surface area contributed by atoms with Crippen molar-refractivity contribution in [2.24, 2.45) is 0 Å². The molecule has 2 aliphatic heterocycles. The molecule has 0 bridgehead atoms. The fourth-order valence-corrected chi connectivity index (χ4v) is 4.08. The first-order valence-corrected chi connectivity index (χ1v) is 9.97. The predicted molar refractivity (Wildman–Crippen MR) is 110 cm³/mol. The Labute approximate surface area is 170 Å². The Morgan fingerprint density at radius 3 is 2.48 bits per heavy atom. The summed E-state index contributed by atoms with van der Waals surface area (Å²) in [6.07, 6.45) is 1.78. The van der Waals surface area contributed by atoms with E-state index in [1.807, 2.05) is 0 Å². The minimum Gasteiger partial charge on any atom is -0.349 e. The average Bonchev–Trinajstić information content (AvgIpc) is 2.93. The van der Waals surface area contributed by atoms with Crippen molar-refractivity contribution in [1.82, 2.24) is 15.1 Å². The van der Waals surface area contributed by atoms with E-state index in [4.69, 9.17) is 0 Å². The zero-order valence-corrected chi connectivity index (χ0v) is 16.8. The molecule has 2 aliphatic rings. The molecule has 0 aromatic heterocycles. The number of fused-ring (bicyclic) bond motifs is 1.